The minimum Gasteiger partial charge on any atom is -0.444 e. The normalized spacial score (nSPS) is 27.0. The molecular weight excluding hydrogens is 306 g/mol. The first-order valence-electron chi connectivity index (χ1n) is 8.71. The summed E-state index contributed by atoms with van der Waals surface area (Å²) < 4.78 is 17.6. The summed E-state index contributed by atoms with van der Waals surface area (Å²) in [5.41, 5.74) is 0.674. The molecule has 1 amide bonds. The van der Waals surface area contributed by atoms with E-state index in [2.05, 4.69) is 12.1 Å². The molecule has 3 rings (SSSR count). The van der Waals surface area contributed by atoms with E-state index >= 15 is 0 Å². The molecule has 1 aliphatic carbocycles. The summed E-state index contributed by atoms with van der Waals surface area (Å²) in [7, 11) is 0. The van der Waals surface area contributed by atoms with Crippen molar-refractivity contribution in [2.24, 2.45) is 0 Å². The number of nitrogens with zero attached hydrogens (tertiary/aromatic N) is 1. The van der Waals surface area contributed by atoms with Crippen LogP contribution in [0.3, 0.4) is 0 Å². The number of rotatable bonds is 3. The second-order valence-electron chi connectivity index (χ2n) is 7.49. The number of carbonyl (C=O) groups excluding carboxylic acids is 1. The van der Waals surface area contributed by atoms with Crippen LogP contribution in [0, 0.1) is 0 Å². The fourth-order valence-corrected chi connectivity index (χ4v) is 3.42. The molecule has 1 saturated heterocycles. The average Bonchev–Trinajstić information content (AvgIpc) is 2.95. The number of hydrogen-bond donors (Lipinski definition) is 0. The summed E-state index contributed by atoms with van der Waals surface area (Å²) in [6.07, 6.45) is 1.52. The lowest BCUT2D eigenvalue weighted by atomic mass is 10.1. The molecule has 2 fully saturated rings. The Balaban J connectivity index is 1.59. The summed E-state index contributed by atoms with van der Waals surface area (Å²) in [4.78, 5) is 14.3. The zero-order valence-electron chi connectivity index (χ0n) is 14.7. The Morgan fingerprint density at radius 2 is 2.00 bits per heavy atom. The molecule has 3 atom stereocenters. The first-order valence-corrected chi connectivity index (χ1v) is 8.71. The predicted octanol–water partition coefficient (Wildman–Crippen LogP) is 3.37. The second-order valence-corrected chi connectivity index (χ2v) is 7.49. The molecule has 2 aliphatic rings. The highest BCUT2D eigenvalue weighted by Crippen LogP contribution is 2.33. The Kier molecular flexibility index (Phi) is 5.11. The van der Waals surface area contributed by atoms with Crippen LogP contribution >= 0.6 is 0 Å². The van der Waals surface area contributed by atoms with Crippen LogP contribution in [0.25, 0.3) is 0 Å². The maximum absolute atomic E-state index is 12.4. The van der Waals surface area contributed by atoms with Crippen LogP contribution in [-0.4, -0.2) is 48.0 Å². The molecule has 1 heterocycles. The van der Waals surface area contributed by atoms with Gasteiger partial charge in [0.15, 0.2) is 0 Å². The van der Waals surface area contributed by atoms with E-state index in [9.17, 15) is 4.79 Å². The number of ether oxygens (including phenoxy) is 3. The van der Waals surface area contributed by atoms with Gasteiger partial charge in [0.1, 0.15) is 11.7 Å². The zero-order valence-corrected chi connectivity index (χ0v) is 14.7. The number of amides is 1. The Hall–Kier alpha value is -1.59. The van der Waals surface area contributed by atoms with Gasteiger partial charge in [0.05, 0.1) is 25.4 Å². The van der Waals surface area contributed by atoms with E-state index in [0.717, 1.165) is 18.4 Å². The molecule has 5 heteroatoms. The highest BCUT2D eigenvalue weighted by atomic mass is 16.6. The fraction of sp³-hybridized carbons (Fsp3) is 0.632. The molecule has 1 aliphatic heterocycles. The van der Waals surface area contributed by atoms with Crippen molar-refractivity contribution in [1.29, 1.82) is 0 Å². The topological polar surface area (TPSA) is 48.0 Å². The molecule has 5 nitrogen and oxygen atoms in total. The number of carbonyl (C=O) groups is 1. The lowest BCUT2D eigenvalue weighted by molar-refractivity contribution is -0.115. The van der Waals surface area contributed by atoms with E-state index in [1.54, 1.807) is 0 Å². The second kappa shape index (κ2) is 7.11. The standard InChI is InChI=1S/C19H27NO4/c1-19(2,3)24-18(21)20-11-12-22-17-15(20)9-10-16(17)23-13-14-7-5-4-6-8-14/h4-8,15-17H,9-13H2,1-3H3/t15-,16+,17-/m0/s1. The highest BCUT2D eigenvalue weighted by Gasteiger charge is 2.46. The van der Waals surface area contributed by atoms with E-state index in [1.807, 2.05) is 43.9 Å². The van der Waals surface area contributed by atoms with Crippen LogP contribution in [0.15, 0.2) is 30.3 Å². The van der Waals surface area contributed by atoms with Gasteiger partial charge in [0.25, 0.3) is 0 Å². The van der Waals surface area contributed by atoms with Crippen molar-refractivity contribution in [2.75, 3.05) is 13.2 Å². The van der Waals surface area contributed by atoms with Crippen molar-refractivity contribution in [1.82, 2.24) is 4.90 Å². The van der Waals surface area contributed by atoms with Crippen LogP contribution < -0.4 is 0 Å². The lowest BCUT2D eigenvalue weighted by Crippen LogP contribution is -2.54. The Bertz CT molecular complexity index is 554. The van der Waals surface area contributed by atoms with Gasteiger partial charge in [-0.25, -0.2) is 4.79 Å². The van der Waals surface area contributed by atoms with Crippen molar-refractivity contribution in [3.8, 4) is 0 Å². The van der Waals surface area contributed by atoms with Gasteiger partial charge in [-0.05, 0) is 39.2 Å². The quantitative estimate of drug-likeness (QED) is 0.851. The monoisotopic (exact) mass is 333 g/mol. The molecule has 132 valence electrons. The summed E-state index contributed by atoms with van der Waals surface area (Å²) in [6.45, 7) is 7.37. The highest BCUT2D eigenvalue weighted by molar-refractivity contribution is 5.69. The predicted molar refractivity (Wildman–Crippen MR) is 90.7 cm³/mol. The number of morpholine rings is 1. The maximum Gasteiger partial charge on any atom is 0.410 e. The van der Waals surface area contributed by atoms with Crippen molar-refractivity contribution < 1.29 is 19.0 Å². The summed E-state index contributed by atoms with van der Waals surface area (Å²) in [5.74, 6) is 0. The molecular formula is C19H27NO4. The van der Waals surface area contributed by atoms with Crippen LogP contribution in [0.2, 0.25) is 0 Å². The van der Waals surface area contributed by atoms with Crippen LogP contribution in [0.4, 0.5) is 4.79 Å². The maximum atomic E-state index is 12.4. The molecule has 0 radical (unpaired) electrons. The van der Waals surface area contributed by atoms with E-state index < -0.39 is 5.60 Å². The van der Waals surface area contributed by atoms with Crippen molar-refractivity contribution >= 4 is 6.09 Å². The van der Waals surface area contributed by atoms with Crippen LogP contribution in [0.5, 0.6) is 0 Å². The van der Waals surface area contributed by atoms with Crippen molar-refractivity contribution in [3.63, 3.8) is 0 Å². The molecule has 0 spiro atoms. The van der Waals surface area contributed by atoms with E-state index in [4.69, 9.17) is 14.2 Å². The Morgan fingerprint density at radius 1 is 1.25 bits per heavy atom. The lowest BCUT2D eigenvalue weighted by Gasteiger charge is -2.39. The zero-order chi connectivity index (χ0) is 17.2. The minimum atomic E-state index is -0.479. The van der Waals surface area contributed by atoms with Crippen molar-refractivity contribution in [3.05, 3.63) is 35.9 Å². The average molecular weight is 333 g/mol. The van der Waals surface area contributed by atoms with Gasteiger partial charge in [-0.1, -0.05) is 30.3 Å². The van der Waals surface area contributed by atoms with E-state index in [0.29, 0.717) is 19.8 Å². The van der Waals surface area contributed by atoms with Crippen molar-refractivity contribution in [2.45, 2.75) is 64.1 Å². The third-order valence-electron chi connectivity index (χ3n) is 4.47. The molecule has 0 unspecified atom stereocenters. The van der Waals surface area contributed by atoms with Crippen LogP contribution in [-0.2, 0) is 20.8 Å². The molecule has 1 aromatic rings. The minimum absolute atomic E-state index is 0.0282. The summed E-state index contributed by atoms with van der Waals surface area (Å²) >= 11 is 0. The molecule has 24 heavy (non-hydrogen) atoms. The molecule has 1 aromatic carbocycles. The Labute approximate surface area is 143 Å². The first-order chi connectivity index (χ1) is 11.4. The molecule has 0 bridgehead atoms. The number of hydrogen-bond acceptors (Lipinski definition) is 4. The number of benzene rings is 1. The third kappa shape index (κ3) is 4.08. The first kappa shape index (κ1) is 17.2. The molecule has 0 N–H and O–H groups in total. The molecule has 1 saturated carbocycles. The van der Waals surface area contributed by atoms with Gasteiger partial charge < -0.3 is 19.1 Å². The smallest absolute Gasteiger partial charge is 0.410 e. The molecule has 0 aromatic heterocycles. The van der Waals surface area contributed by atoms with Gasteiger partial charge in [-0.2, -0.15) is 0 Å². The van der Waals surface area contributed by atoms with Gasteiger partial charge in [-0.3, -0.25) is 0 Å². The summed E-state index contributed by atoms with van der Waals surface area (Å²) in [5, 5.41) is 0. The van der Waals surface area contributed by atoms with Gasteiger partial charge >= 0.3 is 6.09 Å². The van der Waals surface area contributed by atoms with Gasteiger partial charge in [-0.15, -0.1) is 0 Å². The van der Waals surface area contributed by atoms with E-state index in [1.165, 1.54) is 0 Å². The van der Waals surface area contributed by atoms with Gasteiger partial charge in [0, 0.05) is 6.54 Å². The van der Waals surface area contributed by atoms with E-state index in [-0.39, 0.29) is 24.3 Å². The summed E-state index contributed by atoms with van der Waals surface area (Å²) in [6, 6.07) is 10.2. The Morgan fingerprint density at radius 3 is 2.71 bits per heavy atom. The SMILES string of the molecule is CC(C)(C)OC(=O)N1CCO[C@@H]2[C@H](OCc3ccccc3)CC[C@@H]21. The van der Waals surface area contributed by atoms with Gasteiger partial charge in [0.2, 0.25) is 0 Å². The largest absolute Gasteiger partial charge is 0.444 e. The third-order valence-corrected chi connectivity index (χ3v) is 4.47. The van der Waals surface area contributed by atoms with Crippen LogP contribution in [0.1, 0.15) is 39.2 Å². The number of fused-ring (bicyclic) bond motifs is 1. The fourth-order valence-electron chi connectivity index (χ4n) is 3.42.